The minimum absolute atomic E-state index is 0.00252. The van der Waals surface area contributed by atoms with Crippen LogP contribution in [0.2, 0.25) is 0 Å². The van der Waals surface area contributed by atoms with E-state index in [0.717, 1.165) is 12.8 Å². The van der Waals surface area contributed by atoms with Crippen molar-refractivity contribution in [1.82, 2.24) is 4.90 Å². The molecule has 4 rings (SSSR count). The van der Waals surface area contributed by atoms with E-state index in [1.54, 1.807) is 12.1 Å². The zero-order valence-electron chi connectivity index (χ0n) is 22.3. The normalized spacial score (nSPS) is 31.0. The van der Waals surface area contributed by atoms with Gasteiger partial charge in [0.2, 0.25) is 5.78 Å². The number of phenolic OH excluding ortho intramolecular Hbond substituents is 1. The number of nitrogens with two attached hydrogens (primary N) is 1. The molecule has 0 saturated heterocycles. The minimum Gasteiger partial charge on any atom is -0.508 e. The van der Waals surface area contributed by atoms with Gasteiger partial charge in [-0.05, 0) is 50.4 Å². The fraction of sp³-hybridized carbons (Fsp3) is 0.536. The van der Waals surface area contributed by atoms with Crippen LogP contribution in [0.5, 0.6) is 5.75 Å². The zero-order chi connectivity index (χ0) is 28.5. The third-order valence-electron chi connectivity index (χ3n) is 8.48. The summed E-state index contributed by atoms with van der Waals surface area (Å²) in [6.07, 6.45) is 0.643. The van der Waals surface area contributed by atoms with E-state index in [1.807, 2.05) is 0 Å². The Labute approximate surface area is 221 Å². The standard InChI is InChI=1S/C28H36N2O8/c1-12(2)7-6-8-13-9-10-14-11-27(3)18(21(32)15(14)20(13)31)25(36)28(38)17(24(27)35)19(30(4)5)22(33)16(23(28)34)26(29)37/h9-10,12,17,19,24,31-32,34-35,38H,6-8,11H2,1-5H3,(H2,29,37)/t17?,19-,24+,27+,28+/m0/s1. The lowest BCUT2D eigenvalue weighted by molar-refractivity contribution is -0.176. The fourth-order valence-electron chi connectivity index (χ4n) is 6.53. The first-order valence-electron chi connectivity index (χ1n) is 12.8. The summed E-state index contributed by atoms with van der Waals surface area (Å²) in [5, 5.41) is 57.0. The molecule has 1 saturated carbocycles. The maximum absolute atomic E-state index is 14.0. The molecule has 0 heterocycles. The molecule has 0 bridgehead atoms. The maximum atomic E-state index is 14.0. The minimum atomic E-state index is -2.92. The van der Waals surface area contributed by atoms with E-state index in [0.29, 0.717) is 23.5 Å². The predicted octanol–water partition coefficient (Wildman–Crippen LogP) is 1.30. The Morgan fingerprint density at radius 3 is 2.37 bits per heavy atom. The first-order chi connectivity index (χ1) is 17.6. The van der Waals surface area contributed by atoms with E-state index < -0.39 is 69.2 Å². The Morgan fingerprint density at radius 2 is 1.82 bits per heavy atom. The Morgan fingerprint density at radius 1 is 1.18 bits per heavy atom. The number of aliphatic hydroxyl groups excluding tert-OH is 3. The van der Waals surface area contributed by atoms with Gasteiger partial charge in [-0.2, -0.15) is 0 Å². The van der Waals surface area contributed by atoms with Crippen molar-refractivity contribution in [3.63, 3.8) is 0 Å². The average Bonchev–Trinajstić information content (AvgIpc) is 2.80. The van der Waals surface area contributed by atoms with Crippen LogP contribution in [0.15, 0.2) is 29.0 Å². The topological polar surface area (TPSA) is 182 Å². The second kappa shape index (κ2) is 9.21. The summed E-state index contributed by atoms with van der Waals surface area (Å²) >= 11 is 0. The van der Waals surface area contributed by atoms with Crippen LogP contribution in [-0.2, 0) is 27.2 Å². The van der Waals surface area contributed by atoms with Crippen LogP contribution in [0.1, 0.15) is 50.3 Å². The average molecular weight is 529 g/mol. The maximum Gasteiger partial charge on any atom is 0.255 e. The number of likely N-dealkylation sites (N-methyl/N-ethyl adjacent to an activating group) is 1. The number of aliphatic hydroxyl groups is 4. The summed E-state index contributed by atoms with van der Waals surface area (Å²) in [7, 11) is 2.95. The molecule has 0 aliphatic heterocycles. The van der Waals surface area contributed by atoms with Crippen LogP contribution in [0, 0.1) is 17.3 Å². The van der Waals surface area contributed by atoms with Crippen molar-refractivity contribution < 1.29 is 39.9 Å². The SMILES string of the molecule is CC(C)CCCc1ccc2c(c1O)C(O)=C1C(=O)[C@]3(O)C(O)=C(C(N)=O)C(=O)[C@@H](N(C)C)C3[C@@H](O)[C@]1(C)C2. The van der Waals surface area contributed by atoms with Crippen molar-refractivity contribution in [3.8, 4) is 5.75 Å². The molecule has 1 amide bonds. The lowest BCUT2D eigenvalue weighted by Crippen LogP contribution is -2.72. The van der Waals surface area contributed by atoms with E-state index in [4.69, 9.17) is 5.73 Å². The number of carbonyl (C=O) groups excluding carboxylic acids is 3. The van der Waals surface area contributed by atoms with Crippen molar-refractivity contribution in [2.24, 2.45) is 23.0 Å². The molecule has 206 valence electrons. The number of nitrogens with zero attached hydrogens (tertiary/aromatic N) is 1. The van der Waals surface area contributed by atoms with Gasteiger partial charge in [0.05, 0.1) is 29.2 Å². The molecule has 1 aromatic carbocycles. The number of aryl methyl sites for hydroxylation is 1. The second-order valence-electron chi connectivity index (χ2n) is 11.6. The number of Topliss-reactive ketones (excluding diaryl/α,β-unsaturated/α-hetero) is 2. The van der Waals surface area contributed by atoms with Gasteiger partial charge in [-0.3, -0.25) is 19.3 Å². The lowest BCUT2D eigenvalue weighted by atomic mass is 9.50. The zero-order valence-corrected chi connectivity index (χ0v) is 22.3. The molecular weight excluding hydrogens is 492 g/mol. The number of ketones is 2. The third kappa shape index (κ3) is 3.69. The predicted molar refractivity (Wildman–Crippen MR) is 138 cm³/mol. The van der Waals surface area contributed by atoms with Gasteiger partial charge in [0.15, 0.2) is 11.4 Å². The van der Waals surface area contributed by atoms with Crippen LogP contribution < -0.4 is 5.73 Å². The number of aromatic hydroxyl groups is 1. The van der Waals surface area contributed by atoms with Gasteiger partial charge in [0.25, 0.3) is 5.91 Å². The number of carbonyl (C=O) groups is 3. The summed E-state index contributed by atoms with van der Waals surface area (Å²) in [6, 6.07) is 2.11. The van der Waals surface area contributed by atoms with E-state index in [2.05, 4.69) is 13.8 Å². The Balaban J connectivity index is 1.95. The number of primary amides is 1. The highest BCUT2D eigenvalue weighted by atomic mass is 16.4. The van der Waals surface area contributed by atoms with E-state index >= 15 is 0 Å². The highest BCUT2D eigenvalue weighted by molar-refractivity contribution is 6.24. The molecule has 1 fully saturated rings. The fourth-order valence-corrected chi connectivity index (χ4v) is 6.53. The molecule has 10 heteroatoms. The molecule has 0 aromatic heterocycles. The van der Waals surface area contributed by atoms with Crippen molar-refractivity contribution in [2.75, 3.05) is 14.1 Å². The Kier molecular flexibility index (Phi) is 6.75. The molecule has 0 spiro atoms. The highest BCUT2D eigenvalue weighted by Crippen LogP contribution is 2.58. The molecular formula is C28H36N2O8. The molecule has 3 aliphatic rings. The van der Waals surface area contributed by atoms with Crippen molar-refractivity contribution in [3.05, 3.63) is 45.7 Å². The van der Waals surface area contributed by atoms with Crippen molar-refractivity contribution in [2.45, 2.75) is 64.2 Å². The smallest absolute Gasteiger partial charge is 0.255 e. The Hall–Kier alpha value is -3.21. The number of hydrogen-bond acceptors (Lipinski definition) is 9. The monoisotopic (exact) mass is 528 g/mol. The van der Waals surface area contributed by atoms with E-state index in [-0.39, 0.29) is 17.7 Å². The molecule has 1 aromatic rings. The van der Waals surface area contributed by atoms with Gasteiger partial charge in [-0.25, -0.2) is 0 Å². The summed E-state index contributed by atoms with van der Waals surface area (Å²) in [5.74, 6) is -6.61. The van der Waals surface area contributed by atoms with Crippen LogP contribution in [0.25, 0.3) is 5.76 Å². The molecule has 38 heavy (non-hydrogen) atoms. The van der Waals surface area contributed by atoms with Crippen LogP contribution in [0.4, 0.5) is 0 Å². The van der Waals surface area contributed by atoms with Gasteiger partial charge >= 0.3 is 0 Å². The highest BCUT2D eigenvalue weighted by Gasteiger charge is 2.70. The van der Waals surface area contributed by atoms with Gasteiger partial charge in [0.1, 0.15) is 22.8 Å². The summed E-state index contributed by atoms with van der Waals surface area (Å²) in [6.45, 7) is 5.71. The second-order valence-corrected chi connectivity index (χ2v) is 11.6. The summed E-state index contributed by atoms with van der Waals surface area (Å²) in [5.41, 5.74) is 0.689. The number of benzene rings is 1. The molecule has 3 aliphatic carbocycles. The quantitative estimate of drug-likeness (QED) is 0.297. The number of rotatable bonds is 6. The van der Waals surface area contributed by atoms with Gasteiger partial charge < -0.3 is 31.3 Å². The number of hydrogen-bond donors (Lipinski definition) is 6. The first kappa shape index (κ1) is 27.8. The largest absolute Gasteiger partial charge is 0.508 e. The van der Waals surface area contributed by atoms with Crippen molar-refractivity contribution >= 4 is 23.2 Å². The first-order valence-corrected chi connectivity index (χ1v) is 12.8. The molecule has 10 nitrogen and oxygen atoms in total. The summed E-state index contributed by atoms with van der Waals surface area (Å²) in [4.78, 5) is 40.7. The Bertz CT molecular complexity index is 1300. The van der Waals surface area contributed by atoms with E-state index in [9.17, 15) is 39.9 Å². The number of amides is 1. The van der Waals surface area contributed by atoms with Gasteiger partial charge in [-0.1, -0.05) is 39.3 Å². The van der Waals surface area contributed by atoms with Gasteiger partial charge in [0, 0.05) is 5.41 Å². The lowest BCUT2D eigenvalue weighted by Gasteiger charge is -2.56. The summed E-state index contributed by atoms with van der Waals surface area (Å²) < 4.78 is 0. The molecule has 1 unspecified atom stereocenters. The van der Waals surface area contributed by atoms with E-state index in [1.165, 1.54) is 25.9 Å². The van der Waals surface area contributed by atoms with Crippen LogP contribution >= 0.6 is 0 Å². The molecule has 5 atom stereocenters. The molecule has 7 N–H and O–H groups in total. The number of fused-ring (bicyclic) bond motifs is 3. The third-order valence-corrected chi connectivity index (χ3v) is 8.48. The number of phenols is 1. The van der Waals surface area contributed by atoms with Crippen molar-refractivity contribution in [1.29, 1.82) is 0 Å². The molecule has 0 radical (unpaired) electrons. The van der Waals surface area contributed by atoms with Crippen LogP contribution in [-0.4, -0.2) is 79.7 Å². The van der Waals surface area contributed by atoms with Gasteiger partial charge in [-0.15, -0.1) is 0 Å². The van der Waals surface area contributed by atoms with Crippen LogP contribution in [0.3, 0.4) is 0 Å².